The maximum atomic E-state index is 14.5. The van der Waals surface area contributed by atoms with Crippen molar-refractivity contribution >= 4 is 5.82 Å². The van der Waals surface area contributed by atoms with Gasteiger partial charge < -0.3 is 15.4 Å². The van der Waals surface area contributed by atoms with E-state index in [1.165, 1.54) is 36.0 Å². The number of hydrogen-bond donors (Lipinski definition) is 1. The lowest BCUT2D eigenvalue weighted by Crippen LogP contribution is -2.52. The highest BCUT2D eigenvalue weighted by atomic mass is 19.1. The molecule has 1 spiro atoms. The number of aryl methyl sites for hydroxylation is 1. The highest BCUT2D eigenvalue weighted by Gasteiger charge is 2.50. The number of anilines is 1. The van der Waals surface area contributed by atoms with Crippen LogP contribution in [0.4, 0.5) is 10.2 Å². The number of halogens is 1. The van der Waals surface area contributed by atoms with Crippen LogP contribution in [0.1, 0.15) is 67.3 Å². The van der Waals surface area contributed by atoms with Gasteiger partial charge in [0.1, 0.15) is 18.6 Å². The van der Waals surface area contributed by atoms with Crippen LogP contribution in [-0.4, -0.2) is 77.4 Å². The molecule has 7 nitrogen and oxygen atoms in total. The molecule has 5 heterocycles. The van der Waals surface area contributed by atoms with Gasteiger partial charge in [-0.1, -0.05) is 24.3 Å². The summed E-state index contributed by atoms with van der Waals surface area (Å²) in [6.07, 6.45) is 8.65. The summed E-state index contributed by atoms with van der Waals surface area (Å²) < 4.78 is 21.0. The van der Waals surface area contributed by atoms with Crippen LogP contribution in [0.15, 0.2) is 24.3 Å². The van der Waals surface area contributed by atoms with E-state index < -0.39 is 6.17 Å². The van der Waals surface area contributed by atoms with Crippen molar-refractivity contribution in [2.45, 2.75) is 87.6 Å². The van der Waals surface area contributed by atoms with Gasteiger partial charge in [-0.2, -0.15) is 9.97 Å². The SMILES string of the molecule is CN1Cc2c(nc(OC[C@@]34CCCN3CC(F)C4)nc2N2C[C@H]3CC[C@@H](C2)C3N)C[C@]12CCCc1ccccc12. The minimum atomic E-state index is -0.765. The first-order chi connectivity index (χ1) is 19.4. The van der Waals surface area contributed by atoms with E-state index in [2.05, 4.69) is 46.0 Å². The average Bonchev–Trinajstić information content (AvgIpc) is 3.53. The molecule has 3 saturated heterocycles. The standard InChI is InChI=1S/C32H43FN6O/c1-37-19-25-27(15-32(37)12-4-7-21-6-2-3-8-26(21)32)35-30(40-20-31-11-5-13-39(31)18-24(33)14-31)36-29(25)38-16-22-9-10-23(17-38)28(22)34/h2-3,6,8,22-24,28H,4-5,7,9-20,34H2,1H3/t22-,23+,24?,28?,31-,32-/m0/s1. The number of fused-ring (bicyclic) bond motifs is 6. The average molecular weight is 547 g/mol. The Hall–Kier alpha value is -2.29. The molecular weight excluding hydrogens is 503 g/mol. The second kappa shape index (κ2) is 9.36. The number of nitrogens with two attached hydrogens (primary N) is 1. The van der Waals surface area contributed by atoms with Crippen LogP contribution >= 0.6 is 0 Å². The van der Waals surface area contributed by atoms with Gasteiger partial charge in [0.25, 0.3) is 0 Å². The number of ether oxygens (including phenoxy) is 1. The van der Waals surface area contributed by atoms with Crippen molar-refractivity contribution in [2.75, 3.05) is 44.7 Å². The summed E-state index contributed by atoms with van der Waals surface area (Å²) >= 11 is 0. The molecule has 1 aromatic carbocycles. The Morgan fingerprint density at radius 1 is 1.07 bits per heavy atom. The van der Waals surface area contributed by atoms with Gasteiger partial charge in [0.15, 0.2) is 0 Å². The molecule has 2 aliphatic carbocycles. The number of benzene rings is 1. The first-order valence-electron chi connectivity index (χ1n) is 15.7. The Labute approximate surface area is 237 Å². The second-order valence-electron chi connectivity index (χ2n) is 13.8. The normalized spacial score (nSPS) is 37.0. The number of hydrogen-bond acceptors (Lipinski definition) is 7. The van der Waals surface area contributed by atoms with Crippen molar-refractivity contribution in [3.8, 4) is 6.01 Å². The second-order valence-corrected chi connectivity index (χ2v) is 13.8. The van der Waals surface area contributed by atoms with Crippen LogP contribution in [0, 0.1) is 11.8 Å². The first-order valence-corrected chi connectivity index (χ1v) is 15.7. The Bertz CT molecular complexity index is 1290. The molecule has 214 valence electrons. The molecule has 1 aromatic heterocycles. The van der Waals surface area contributed by atoms with Crippen molar-refractivity contribution in [3.63, 3.8) is 0 Å². The molecule has 6 atom stereocenters. The topological polar surface area (TPSA) is 70.8 Å². The quantitative estimate of drug-likeness (QED) is 0.625. The molecule has 4 fully saturated rings. The zero-order chi connectivity index (χ0) is 27.1. The number of aromatic nitrogens is 2. The third kappa shape index (κ3) is 3.85. The van der Waals surface area contributed by atoms with Gasteiger partial charge >= 0.3 is 6.01 Å². The van der Waals surface area contributed by atoms with Gasteiger partial charge in [0.2, 0.25) is 0 Å². The van der Waals surface area contributed by atoms with Crippen LogP contribution in [-0.2, 0) is 24.9 Å². The van der Waals surface area contributed by atoms with Gasteiger partial charge in [0.05, 0.1) is 16.8 Å². The van der Waals surface area contributed by atoms with Gasteiger partial charge in [0, 0.05) is 50.6 Å². The summed E-state index contributed by atoms with van der Waals surface area (Å²) in [6.45, 7) is 4.71. The van der Waals surface area contributed by atoms with Crippen molar-refractivity contribution in [2.24, 2.45) is 17.6 Å². The summed E-state index contributed by atoms with van der Waals surface area (Å²) in [6, 6.07) is 9.78. The van der Waals surface area contributed by atoms with Crippen LogP contribution in [0.5, 0.6) is 6.01 Å². The fourth-order valence-corrected chi connectivity index (χ4v) is 9.49. The smallest absolute Gasteiger partial charge is 0.318 e. The Morgan fingerprint density at radius 3 is 2.75 bits per heavy atom. The third-order valence-electron chi connectivity index (χ3n) is 11.6. The largest absolute Gasteiger partial charge is 0.461 e. The molecule has 1 saturated carbocycles. The summed E-state index contributed by atoms with van der Waals surface area (Å²) in [4.78, 5) is 17.7. The lowest BCUT2D eigenvalue weighted by molar-refractivity contribution is 0.0713. The Kier molecular flexibility index (Phi) is 5.95. The van der Waals surface area contributed by atoms with Crippen LogP contribution in [0.2, 0.25) is 0 Å². The van der Waals surface area contributed by atoms with E-state index in [-0.39, 0.29) is 11.1 Å². The monoisotopic (exact) mass is 546 g/mol. The number of likely N-dealkylation sites (N-methyl/N-ethyl adjacent to an activating group) is 1. The lowest BCUT2D eigenvalue weighted by Gasteiger charge is -2.49. The maximum absolute atomic E-state index is 14.5. The van der Waals surface area contributed by atoms with Gasteiger partial charge in [-0.25, -0.2) is 4.39 Å². The minimum Gasteiger partial charge on any atom is -0.461 e. The van der Waals surface area contributed by atoms with Crippen molar-refractivity contribution in [1.29, 1.82) is 0 Å². The zero-order valence-corrected chi connectivity index (χ0v) is 23.8. The van der Waals surface area contributed by atoms with E-state index in [1.807, 2.05) is 0 Å². The fraction of sp³-hybridized carbons (Fsp3) is 0.688. The highest BCUT2D eigenvalue weighted by Crippen LogP contribution is 2.48. The van der Waals surface area contributed by atoms with E-state index >= 15 is 0 Å². The van der Waals surface area contributed by atoms with Crippen LogP contribution < -0.4 is 15.4 Å². The van der Waals surface area contributed by atoms with E-state index in [0.717, 1.165) is 69.8 Å². The third-order valence-corrected chi connectivity index (χ3v) is 11.6. The van der Waals surface area contributed by atoms with Gasteiger partial charge in [-0.15, -0.1) is 0 Å². The van der Waals surface area contributed by atoms with E-state index in [0.29, 0.717) is 43.5 Å². The molecule has 2 N–H and O–H groups in total. The summed E-state index contributed by atoms with van der Waals surface area (Å²) in [5.41, 5.74) is 11.7. The van der Waals surface area contributed by atoms with Crippen LogP contribution in [0.25, 0.3) is 0 Å². The molecule has 6 aliphatic rings. The molecule has 2 aromatic rings. The molecule has 8 heteroatoms. The van der Waals surface area contributed by atoms with Gasteiger partial charge in [-0.05, 0) is 81.5 Å². The molecule has 8 rings (SSSR count). The minimum absolute atomic E-state index is 0.0537. The van der Waals surface area contributed by atoms with Gasteiger partial charge in [-0.3, -0.25) is 9.80 Å². The molecule has 0 radical (unpaired) electrons. The summed E-state index contributed by atoms with van der Waals surface area (Å²) in [7, 11) is 2.29. The number of piperidine rings is 1. The number of rotatable bonds is 4. The molecule has 2 bridgehead atoms. The van der Waals surface area contributed by atoms with E-state index in [4.69, 9.17) is 20.4 Å². The van der Waals surface area contributed by atoms with E-state index in [1.54, 1.807) is 0 Å². The zero-order valence-electron chi connectivity index (χ0n) is 23.8. The number of nitrogens with zero attached hydrogens (tertiary/aromatic N) is 5. The molecule has 2 unspecified atom stereocenters. The lowest BCUT2D eigenvalue weighted by atomic mass is 9.71. The van der Waals surface area contributed by atoms with Crippen molar-refractivity contribution < 1.29 is 9.13 Å². The van der Waals surface area contributed by atoms with Crippen molar-refractivity contribution in [1.82, 2.24) is 19.8 Å². The maximum Gasteiger partial charge on any atom is 0.318 e. The molecule has 0 amide bonds. The summed E-state index contributed by atoms with van der Waals surface area (Å²) in [5, 5.41) is 0. The molecule has 40 heavy (non-hydrogen) atoms. The molecule has 4 aliphatic heterocycles. The van der Waals surface area contributed by atoms with E-state index in [9.17, 15) is 4.39 Å². The highest BCUT2D eigenvalue weighted by molar-refractivity contribution is 5.54. The Balaban J connectivity index is 1.17. The van der Waals surface area contributed by atoms with Crippen molar-refractivity contribution in [3.05, 3.63) is 46.6 Å². The number of alkyl halides is 1. The predicted molar refractivity (Wildman–Crippen MR) is 153 cm³/mol. The Morgan fingerprint density at radius 2 is 1.90 bits per heavy atom. The first kappa shape index (κ1) is 25.4. The van der Waals surface area contributed by atoms with Crippen LogP contribution in [0.3, 0.4) is 0 Å². The summed E-state index contributed by atoms with van der Waals surface area (Å²) in [5.74, 6) is 2.10. The molecular formula is C32H43FN6O. The predicted octanol–water partition coefficient (Wildman–Crippen LogP) is 3.83. The fourth-order valence-electron chi connectivity index (χ4n) is 9.49.